The van der Waals surface area contributed by atoms with E-state index in [9.17, 15) is 14.4 Å². The van der Waals surface area contributed by atoms with Gasteiger partial charge in [-0.15, -0.1) is 0 Å². The summed E-state index contributed by atoms with van der Waals surface area (Å²) in [5.41, 5.74) is -0.881. The molecule has 3 atom stereocenters. The van der Waals surface area contributed by atoms with E-state index in [1.807, 2.05) is 25.7 Å². The lowest BCUT2D eigenvalue weighted by atomic mass is 9.79. The van der Waals surface area contributed by atoms with Gasteiger partial charge in [-0.2, -0.15) is 0 Å². The molecule has 0 aromatic rings. The summed E-state index contributed by atoms with van der Waals surface area (Å²) in [7, 11) is 0. The molecule has 0 bridgehead atoms. The van der Waals surface area contributed by atoms with Gasteiger partial charge in [0.1, 0.15) is 5.54 Å². The van der Waals surface area contributed by atoms with Gasteiger partial charge in [0, 0.05) is 25.6 Å². The van der Waals surface area contributed by atoms with Gasteiger partial charge in [0.05, 0.1) is 6.04 Å². The Morgan fingerprint density at radius 2 is 2.04 bits per heavy atom. The van der Waals surface area contributed by atoms with Crippen LogP contribution in [-0.2, 0) is 9.59 Å². The molecule has 7 heteroatoms. The van der Waals surface area contributed by atoms with Gasteiger partial charge in [0.25, 0.3) is 5.91 Å². The van der Waals surface area contributed by atoms with Crippen LogP contribution >= 0.6 is 0 Å². The monoisotopic (exact) mass is 324 g/mol. The molecule has 2 aliphatic heterocycles. The molecule has 0 aromatic carbocycles. The van der Waals surface area contributed by atoms with Gasteiger partial charge in [-0.05, 0) is 47.1 Å². The van der Waals surface area contributed by atoms with E-state index in [0.29, 0.717) is 19.6 Å². The lowest BCUT2D eigenvalue weighted by Gasteiger charge is -2.42. The lowest BCUT2D eigenvalue weighted by molar-refractivity contribution is -0.137. The number of imide groups is 1. The highest BCUT2D eigenvalue weighted by Crippen LogP contribution is 2.30. The molecule has 2 rings (SSSR count). The third-order valence-electron chi connectivity index (χ3n) is 5.32. The molecule has 7 nitrogen and oxygen atoms in total. The fraction of sp³-hybridized carbons (Fsp3) is 0.812. The van der Waals surface area contributed by atoms with Crippen molar-refractivity contribution in [2.75, 3.05) is 26.2 Å². The van der Waals surface area contributed by atoms with Crippen molar-refractivity contribution in [2.45, 2.75) is 52.1 Å². The molecule has 130 valence electrons. The van der Waals surface area contributed by atoms with Crippen molar-refractivity contribution in [1.82, 2.24) is 20.4 Å². The Balaban J connectivity index is 2.07. The summed E-state index contributed by atoms with van der Waals surface area (Å²) in [4.78, 5) is 40.1. The van der Waals surface area contributed by atoms with E-state index in [2.05, 4.69) is 15.5 Å². The van der Waals surface area contributed by atoms with Crippen LogP contribution in [0.15, 0.2) is 0 Å². The number of amides is 4. The summed E-state index contributed by atoms with van der Waals surface area (Å²) in [5, 5.41) is 5.09. The first-order valence-corrected chi connectivity index (χ1v) is 8.49. The quantitative estimate of drug-likeness (QED) is 0.724. The maximum atomic E-state index is 12.6. The largest absolute Gasteiger partial charge is 0.342 e. The molecule has 2 fully saturated rings. The zero-order valence-electron chi connectivity index (χ0n) is 14.5. The number of hydrogen-bond donors (Lipinski definition) is 2. The number of rotatable bonds is 5. The molecule has 0 saturated carbocycles. The van der Waals surface area contributed by atoms with Crippen LogP contribution in [0.1, 0.15) is 40.5 Å². The van der Waals surface area contributed by atoms with Crippen LogP contribution in [0.3, 0.4) is 0 Å². The zero-order chi connectivity index (χ0) is 17.2. The average Bonchev–Trinajstić information content (AvgIpc) is 2.81. The van der Waals surface area contributed by atoms with Crippen LogP contribution in [0.2, 0.25) is 0 Å². The highest BCUT2D eigenvalue weighted by Gasteiger charge is 2.49. The summed E-state index contributed by atoms with van der Waals surface area (Å²) in [6, 6.07) is -0.636. The highest BCUT2D eigenvalue weighted by atomic mass is 16.2. The SMILES string of the molecule is CCN(CC)C(=O)[C@H](C)N1CCC[C@H]([C@@]2(C)NC(=O)NC2=O)C1. The molecule has 4 amide bonds. The first-order chi connectivity index (χ1) is 10.8. The molecule has 2 aliphatic rings. The van der Waals surface area contributed by atoms with Gasteiger partial charge in [-0.25, -0.2) is 4.79 Å². The second kappa shape index (κ2) is 6.86. The lowest BCUT2D eigenvalue weighted by Crippen LogP contribution is -2.58. The van der Waals surface area contributed by atoms with Crippen molar-refractivity contribution in [3.63, 3.8) is 0 Å². The van der Waals surface area contributed by atoms with Gasteiger partial charge in [0.15, 0.2) is 0 Å². The third kappa shape index (κ3) is 3.34. The molecule has 0 aliphatic carbocycles. The Hall–Kier alpha value is -1.63. The molecule has 2 heterocycles. The van der Waals surface area contributed by atoms with Crippen molar-refractivity contribution in [2.24, 2.45) is 5.92 Å². The molecule has 2 N–H and O–H groups in total. The number of carbonyl (C=O) groups excluding carboxylic acids is 3. The van der Waals surface area contributed by atoms with Crippen molar-refractivity contribution in [3.8, 4) is 0 Å². The number of likely N-dealkylation sites (N-methyl/N-ethyl adjacent to an activating group) is 1. The zero-order valence-corrected chi connectivity index (χ0v) is 14.5. The number of hydrogen-bond acceptors (Lipinski definition) is 4. The van der Waals surface area contributed by atoms with E-state index in [0.717, 1.165) is 19.4 Å². The maximum Gasteiger partial charge on any atom is 0.322 e. The Kier molecular flexibility index (Phi) is 5.29. The Labute approximate surface area is 137 Å². The molecule has 0 unspecified atom stereocenters. The van der Waals surface area contributed by atoms with Crippen LogP contribution in [0.4, 0.5) is 4.79 Å². The average molecular weight is 324 g/mol. The summed E-state index contributed by atoms with van der Waals surface area (Å²) in [6.45, 7) is 10.5. The smallest absolute Gasteiger partial charge is 0.322 e. The van der Waals surface area contributed by atoms with Crippen LogP contribution in [0.5, 0.6) is 0 Å². The minimum absolute atomic E-state index is 0.00894. The number of nitrogens with zero attached hydrogens (tertiary/aromatic N) is 2. The van der Waals surface area contributed by atoms with E-state index in [1.54, 1.807) is 6.92 Å². The second-order valence-electron chi connectivity index (χ2n) is 6.63. The van der Waals surface area contributed by atoms with E-state index in [-0.39, 0.29) is 23.8 Å². The van der Waals surface area contributed by atoms with E-state index < -0.39 is 11.6 Å². The number of piperidine rings is 1. The van der Waals surface area contributed by atoms with Gasteiger partial charge < -0.3 is 10.2 Å². The van der Waals surface area contributed by atoms with Crippen molar-refractivity contribution < 1.29 is 14.4 Å². The minimum atomic E-state index is -0.881. The summed E-state index contributed by atoms with van der Waals surface area (Å²) in [5.74, 6) is -0.132. The van der Waals surface area contributed by atoms with Crippen LogP contribution in [-0.4, -0.2) is 65.4 Å². The first-order valence-electron chi connectivity index (χ1n) is 8.49. The van der Waals surface area contributed by atoms with Crippen LogP contribution in [0, 0.1) is 5.92 Å². The Morgan fingerprint density at radius 1 is 1.39 bits per heavy atom. The molecular weight excluding hydrogens is 296 g/mol. The van der Waals surface area contributed by atoms with Crippen LogP contribution < -0.4 is 10.6 Å². The van der Waals surface area contributed by atoms with Gasteiger partial charge in [0.2, 0.25) is 5.91 Å². The third-order valence-corrected chi connectivity index (χ3v) is 5.32. The van der Waals surface area contributed by atoms with Gasteiger partial charge in [-0.3, -0.25) is 19.8 Å². The number of nitrogens with one attached hydrogen (secondary N) is 2. The van der Waals surface area contributed by atoms with E-state index in [1.165, 1.54) is 0 Å². The number of carbonyl (C=O) groups is 3. The van der Waals surface area contributed by atoms with E-state index in [4.69, 9.17) is 0 Å². The molecule has 23 heavy (non-hydrogen) atoms. The second-order valence-corrected chi connectivity index (χ2v) is 6.63. The molecular formula is C16H28N4O3. The highest BCUT2D eigenvalue weighted by molar-refractivity contribution is 6.07. The van der Waals surface area contributed by atoms with Crippen molar-refractivity contribution in [1.29, 1.82) is 0 Å². The summed E-state index contributed by atoms with van der Waals surface area (Å²) < 4.78 is 0. The first kappa shape index (κ1) is 17.7. The van der Waals surface area contributed by atoms with Crippen molar-refractivity contribution >= 4 is 17.8 Å². The summed E-state index contributed by atoms with van der Waals surface area (Å²) >= 11 is 0. The maximum absolute atomic E-state index is 12.6. The van der Waals surface area contributed by atoms with E-state index >= 15 is 0 Å². The van der Waals surface area contributed by atoms with Gasteiger partial charge >= 0.3 is 6.03 Å². The molecule has 0 radical (unpaired) electrons. The Bertz CT molecular complexity index is 492. The molecule has 0 aromatic heterocycles. The normalized spacial score (nSPS) is 29.8. The van der Waals surface area contributed by atoms with Crippen molar-refractivity contribution in [3.05, 3.63) is 0 Å². The topological polar surface area (TPSA) is 81.8 Å². The molecule has 0 spiro atoms. The predicted molar refractivity (Wildman–Crippen MR) is 86.8 cm³/mol. The minimum Gasteiger partial charge on any atom is -0.342 e. The fourth-order valence-corrected chi connectivity index (χ4v) is 3.63. The fourth-order valence-electron chi connectivity index (χ4n) is 3.63. The number of urea groups is 1. The Morgan fingerprint density at radius 3 is 2.57 bits per heavy atom. The molecule has 2 saturated heterocycles. The standard InChI is InChI=1S/C16H28N4O3/c1-5-19(6-2)13(21)11(3)20-9-7-8-12(10-20)16(4)14(22)17-15(23)18-16/h11-12H,5-10H2,1-4H3,(H2,17,18,22,23)/t11-,12-,16+/m0/s1. The van der Waals surface area contributed by atoms with Crippen LogP contribution in [0.25, 0.3) is 0 Å². The summed E-state index contributed by atoms with van der Waals surface area (Å²) in [6.07, 6.45) is 1.78. The predicted octanol–water partition coefficient (Wildman–Crippen LogP) is 0.553. The number of likely N-dealkylation sites (tertiary alicyclic amines) is 1. The van der Waals surface area contributed by atoms with Gasteiger partial charge in [-0.1, -0.05) is 0 Å².